The summed E-state index contributed by atoms with van der Waals surface area (Å²) in [7, 11) is -0.884. The minimum absolute atomic E-state index is 0.00000412. The molecule has 1 atom stereocenters. The molecule has 3 aromatic rings. The second kappa shape index (κ2) is 10.8. The Morgan fingerprint density at radius 2 is 1.59 bits per heavy atom. The van der Waals surface area contributed by atoms with Crippen molar-refractivity contribution < 1.29 is 22.7 Å². The Hall–Kier alpha value is -3.23. The third kappa shape index (κ3) is 6.01. The van der Waals surface area contributed by atoms with Crippen LogP contribution in [0.4, 0.5) is 5.69 Å². The van der Waals surface area contributed by atoms with Gasteiger partial charge < -0.3 is 14.8 Å². The fraction of sp³-hybridized carbons (Fsp3) is 0.240. The van der Waals surface area contributed by atoms with Crippen LogP contribution in [-0.2, 0) is 16.6 Å². The highest BCUT2D eigenvalue weighted by atomic mass is 35.5. The third-order valence-electron chi connectivity index (χ3n) is 5.30. The normalized spacial score (nSPS) is 12.0. The Morgan fingerprint density at radius 3 is 2.15 bits per heavy atom. The Bertz CT molecular complexity index is 1250. The second-order valence-electron chi connectivity index (χ2n) is 7.73. The summed E-state index contributed by atoms with van der Waals surface area (Å²) < 4.78 is 37.7. The van der Waals surface area contributed by atoms with Gasteiger partial charge in [-0.3, -0.25) is 9.10 Å². The average molecular weight is 503 g/mol. The maximum atomic E-state index is 13.4. The summed E-state index contributed by atoms with van der Waals surface area (Å²) in [5.74, 6) is 0.163. The number of methoxy groups -OCH3 is 2. The number of benzene rings is 3. The lowest BCUT2D eigenvalue weighted by atomic mass is 10.1. The zero-order valence-electron chi connectivity index (χ0n) is 19.4. The van der Waals surface area contributed by atoms with Crippen molar-refractivity contribution >= 4 is 33.2 Å². The van der Waals surface area contributed by atoms with Crippen LogP contribution in [0.3, 0.4) is 0 Å². The van der Waals surface area contributed by atoms with Crippen LogP contribution in [0.25, 0.3) is 0 Å². The zero-order chi connectivity index (χ0) is 24.9. The van der Waals surface area contributed by atoms with Crippen LogP contribution in [-0.4, -0.2) is 34.8 Å². The van der Waals surface area contributed by atoms with Crippen molar-refractivity contribution in [2.24, 2.45) is 0 Å². The molecular weight excluding hydrogens is 476 g/mol. The molecule has 0 saturated carbocycles. The molecule has 7 nitrogen and oxygen atoms in total. The van der Waals surface area contributed by atoms with Gasteiger partial charge in [0.2, 0.25) is 10.0 Å². The molecule has 0 spiro atoms. The number of sulfonamides is 1. The predicted molar refractivity (Wildman–Crippen MR) is 134 cm³/mol. The molecule has 0 aliphatic carbocycles. The number of hydrogen-bond donors (Lipinski definition) is 1. The van der Waals surface area contributed by atoms with E-state index in [1.165, 1.54) is 30.7 Å². The van der Waals surface area contributed by atoms with E-state index in [2.05, 4.69) is 5.32 Å². The quantitative estimate of drug-likeness (QED) is 0.453. The lowest BCUT2D eigenvalue weighted by Crippen LogP contribution is -2.33. The van der Waals surface area contributed by atoms with Crippen molar-refractivity contribution in [2.75, 3.05) is 24.8 Å². The molecule has 3 rings (SSSR count). The van der Waals surface area contributed by atoms with Gasteiger partial charge in [-0.25, -0.2) is 8.42 Å². The standard InChI is InChI=1S/C25H27ClN2O5S/c1-17(19-8-6-5-7-9-19)27-25(29)21-14-23(32-2)24(33-3)15-22(21)28(34(4,30)31)16-18-10-12-20(26)13-11-18/h5-15,17H,16H2,1-4H3,(H,27,29). The molecule has 3 aromatic carbocycles. The predicted octanol–water partition coefficient (Wildman–Crippen LogP) is 4.81. The fourth-order valence-corrected chi connectivity index (χ4v) is 4.51. The van der Waals surface area contributed by atoms with E-state index < -0.39 is 15.9 Å². The van der Waals surface area contributed by atoms with E-state index in [0.717, 1.165) is 11.8 Å². The van der Waals surface area contributed by atoms with Crippen molar-refractivity contribution in [3.8, 4) is 11.5 Å². The van der Waals surface area contributed by atoms with E-state index >= 15 is 0 Å². The van der Waals surface area contributed by atoms with E-state index in [1.54, 1.807) is 24.3 Å². The second-order valence-corrected chi connectivity index (χ2v) is 10.1. The van der Waals surface area contributed by atoms with Crippen molar-refractivity contribution in [3.05, 3.63) is 88.4 Å². The SMILES string of the molecule is COc1cc(C(=O)NC(C)c2ccccc2)c(N(Cc2ccc(Cl)cc2)S(C)(=O)=O)cc1OC. The maximum absolute atomic E-state index is 13.4. The number of rotatable bonds is 9. The molecule has 0 radical (unpaired) electrons. The zero-order valence-corrected chi connectivity index (χ0v) is 21.0. The number of halogens is 1. The third-order valence-corrected chi connectivity index (χ3v) is 6.68. The van der Waals surface area contributed by atoms with Gasteiger partial charge in [-0.1, -0.05) is 54.1 Å². The number of nitrogens with one attached hydrogen (secondary N) is 1. The average Bonchev–Trinajstić information content (AvgIpc) is 2.82. The first-order valence-corrected chi connectivity index (χ1v) is 12.7. The first-order valence-electron chi connectivity index (χ1n) is 10.5. The van der Waals surface area contributed by atoms with Crippen LogP contribution in [0.5, 0.6) is 11.5 Å². The summed E-state index contributed by atoms with van der Waals surface area (Å²) in [5, 5.41) is 3.48. The number of carbonyl (C=O) groups is 1. The first-order chi connectivity index (χ1) is 16.1. The summed E-state index contributed by atoms with van der Waals surface area (Å²) >= 11 is 5.98. The first kappa shape index (κ1) is 25.4. The summed E-state index contributed by atoms with van der Waals surface area (Å²) in [6.07, 6.45) is 1.09. The van der Waals surface area contributed by atoms with Gasteiger partial charge in [0.05, 0.1) is 44.3 Å². The molecule has 0 saturated heterocycles. The molecule has 0 aromatic heterocycles. The Morgan fingerprint density at radius 1 is 1.00 bits per heavy atom. The summed E-state index contributed by atoms with van der Waals surface area (Å²) in [6, 6.07) is 19.0. The minimum atomic E-state index is -3.78. The number of carbonyl (C=O) groups excluding carboxylic acids is 1. The molecule has 1 amide bonds. The lowest BCUT2D eigenvalue weighted by Gasteiger charge is -2.26. The van der Waals surface area contributed by atoms with Crippen LogP contribution in [0.1, 0.15) is 34.5 Å². The fourth-order valence-electron chi connectivity index (χ4n) is 3.49. The smallest absolute Gasteiger partial charge is 0.254 e. The Kier molecular flexibility index (Phi) is 8.06. The van der Waals surface area contributed by atoms with E-state index in [9.17, 15) is 13.2 Å². The van der Waals surface area contributed by atoms with Gasteiger partial charge in [-0.05, 0) is 36.2 Å². The number of hydrogen-bond acceptors (Lipinski definition) is 5. The number of amides is 1. The van der Waals surface area contributed by atoms with Gasteiger partial charge in [-0.2, -0.15) is 0 Å². The summed E-state index contributed by atoms with van der Waals surface area (Å²) in [6.45, 7) is 1.86. The monoisotopic (exact) mass is 502 g/mol. The van der Waals surface area contributed by atoms with Gasteiger partial charge in [0, 0.05) is 11.1 Å². The molecule has 9 heteroatoms. The van der Waals surface area contributed by atoms with Crippen molar-refractivity contribution in [1.29, 1.82) is 0 Å². The van der Waals surface area contributed by atoms with E-state index in [4.69, 9.17) is 21.1 Å². The highest BCUT2D eigenvalue weighted by molar-refractivity contribution is 7.92. The Labute approximate surface area is 205 Å². The van der Waals surface area contributed by atoms with Gasteiger partial charge in [0.15, 0.2) is 11.5 Å². The molecule has 180 valence electrons. The molecule has 0 bridgehead atoms. The molecule has 0 aliphatic heterocycles. The van der Waals surface area contributed by atoms with Crippen LogP contribution in [0.15, 0.2) is 66.7 Å². The largest absolute Gasteiger partial charge is 0.493 e. The van der Waals surface area contributed by atoms with Crippen molar-refractivity contribution in [1.82, 2.24) is 5.32 Å². The van der Waals surface area contributed by atoms with E-state index in [0.29, 0.717) is 22.1 Å². The molecular formula is C25H27ClN2O5S. The van der Waals surface area contributed by atoms with Crippen LogP contribution >= 0.6 is 11.6 Å². The van der Waals surface area contributed by atoms with E-state index in [1.807, 2.05) is 37.3 Å². The maximum Gasteiger partial charge on any atom is 0.254 e. The molecule has 0 fully saturated rings. The van der Waals surface area contributed by atoms with Crippen LogP contribution in [0.2, 0.25) is 5.02 Å². The van der Waals surface area contributed by atoms with Gasteiger partial charge >= 0.3 is 0 Å². The van der Waals surface area contributed by atoms with Gasteiger partial charge in [-0.15, -0.1) is 0 Å². The highest BCUT2D eigenvalue weighted by Gasteiger charge is 2.27. The highest BCUT2D eigenvalue weighted by Crippen LogP contribution is 2.37. The Balaban J connectivity index is 2.09. The van der Waals surface area contributed by atoms with Crippen LogP contribution in [0, 0.1) is 0 Å². The van der Waals surface area contributed by atoms with Crippen molar-refractivity contribution in [3.63, 3.8) is 0 Å². The van der Waals surface area contributed by atoms with Gasteiger partial charge in [0.25, 0.3) is 5.91 Å². The molecule has 1 unspecified atom stereocenters. The molecule has 1 N–H and O–H groups in total. The van der Waals surface area contributed by atoms with Crippen LogP contribution < -0.4 is 19.1 Å². The minimum Gasteiger partial charge on any atom is -0.493 e. The van der Waals surface area contributed by atoms with E-state index in [-0.39, 0.29) is 23.8 Å². The number of nitrogens with zero attached hydrogens (tertiary/aromatic N) is 1. The number of ether oxygens (including phenoxy) is 2. The van der Waals surface area contributed by atoms with Crippen molar-refractivity contribution in [2.45, 2.75) is 19.5 Å². The number of anilines is 1. The summed E-state index contributed by atoms with van der Waals surface area (Å²) in [4.78, 5) is 13.4. The topological polar surface area (TPSA) is 84.9 Å². The molecule has 0 heterocycles. The van der Waals surface area contributed by atoms with Gasteiger partial charge in [0.1, 0.15) is 0 Å². The summed E-state index contributed by atoms with van der Waals surface area (Å²) in [5.41, 5.74) is 1.93. The lowest BCUT2D eigenvalue weighted by molar-refractivity contribution is 0.0940. The molecule has 34 heavy (non-hydrogen) atoms. The molecule has 0 aliphatic rings.